The number of nitrogens with one attached hydrogen (secondary N) is 4. The number of halogens is 2. The zero-order valence-electron chi connectivity index (χ0n) is 71.6. The van der Waals surface area contributed by atoms with Crippen LogP contribution in [0.1, 0.15) is 134 Å². The summed E-state index contributed by atoms with van der Waals surface area (Å²) in [5, 5.41) is 62.9. The van der Waals surface area contributed by atoms with E-state index in [0.717, 1.165) is 65.9 Å². The van der Waals surface area contributed by atoms with Crippen molar-refractivity contribution in [1.82, 2.24) is 54.7 Å². The second kappa shape index (κ2) is 55.7. The molecular formula is C88H127Cl2N13O15. The minimum absolute atomic E-state index is 0. The van der Waals surface area contributed by atoms with E-state index in [-0.39, 0.29) is 61.8 Å². The first kappa shape index (κ1) is 104. The van der Waals surface area contributed by atoms with Gasteiger partial charge in [-0.2, -0.15) is 10.2 Å². The number of H-pyrrole nitrogens is 1. The topological polar surface area (TPSA) is 350 Å². The number of benzene rings is 6. The fourth-order valence-corrected chi connectivity index (χ4v) is 12.4. The van der Waals surface area contributed by atoms with E-state index in [1.165, 1.54) is 47.8 Å². The Morgan fingerprint density at radius 1 is 0.559 bits per heavy atom. The molecule has 0 spiro atoms. The Labute approximate surface area is 708 Å². The summed E-state index contributed by atoms with van der Waals surface area (Å²) in [4.78, 5) is 95.1. The summed E-state index contributed by atoms with van der Waals surface area (Å²) in [5.41, 5.74) is 6.17. The maximum atomic E-state index is 13.3. The number of hydrogen-bond acceptors (Lipinski definition) is 20. The van der Waals surface area contributed by atoms with Gasteiger partial charge in [0.25, 0.3) is 17.7 Å². The molecule has 0 aliphatic carbocycles. The van der Waals surface area contributed by atoms with E-state index in [1.807, 2.05) is 193 Å². The van der Waals surface area contributed by atoms with Gasteiger partial charge in [-0.25, -0.2) is 14.4 Å². The minimum Gasteiger partial charge on any atom is -0.479 e. The van der Waals surface area contributed by atoms with E-state index >= 15 is 0 Å². The third-order valence-corrected chi connectivity index (χ3v) is 18.4. The van der Waals surface area contributed by atoms with E-state index in [0.29, 0.717) is 54.1 Å². The number of likely N-dealkylation sites (N-methyl/N-ethyl adjacent to an activating group) is 3. The first-order chi connectivity index (χ1) is 55.8. The van der Waals surface area contributed by atoms with Gasteiger partial charge in [-0.15, -0.1) is 17.1 Å². The zero-order valence-corrected chi connectivity index (χ0v) is 73.1. The lowest BCUT2D eigenvalue weighted by Gasteiger charge is -2.33. The molecule has 5 heterocycles. The summed E-state index contributed by atoms with van der Waals surface area (Å²) in [6.07, 6.45) is 0.553. The summed E-state index contributed by atoms with van der Waals surface area (Å²) in [6, 6.07) is 56.1. The maximum Gasteiger partial charge on any atom is 0.436 e. The number of ether oxygens (including phenoxy) is 3. The molecule has 118 heavy (non-hydrogen) atoms. The summed E-state index contributed by atoms with van der Waals surface area (Å²) >= 11 is 5.70. The Morgan fingerprint density at radius 2 is 0.966 bits per heavy atom. The molecule has 1 saturated heterocycles. The normalized spacial score (nSPS) is 13.7. The van der Waals surface area contributed by atoms with Crippen molar-refractivity contribution in [2.24, 2.45) is 0 Å². The first-order valence-corrected chi connectivity index (χ1v) is 39.5. The predicted octanol–water partition coefficient (Wildman–Crippen LogP) is 12.1. The molecule has 5 amide bonds. The van der Waals surface area contributed by atoms with E-state index in [4.69, 9.17) is 41.1 Å². The number of fused-ring (bicyclic) bond motifs is 2. The highest BCUT2D eigenvalue weighted by atomic mass is 35.5. The Kier molecular flexibility index (Phi) is 49.1. The number of aromatic nitrogens is 4. The summed E-state index contributed by atoms with van der Waals surface area (Å²) < 4.78 is 17.0. The maximum absolute atomic E-state index is 13.3. The quantitative estimate of drug-likeness (QED) is 0.0212. The van der Waals surface area contributed by atoms with Crippen LogP contribution in [-0.4, -0.2) is 257 Å². The van der Waals surface area contributed by atoms with Gasteiger partial charge in [0, 0.05) is 89.0 Å². The Balaban J connectivity index is 0.000000498. The van der Waals surface area contributed by atoms with Crippen LogP contribution in [0.3, 0.4) is 0 Å². The van der Waals surface area contributed by atoms with E-state index < -0.39 is 52.7 Å². The van der Waals surface area contributed by atoms with Crippen LogP contribution in [0.15, 0.2) is 182 Å². The van der Waals surface area contributed by atoms with Crippen LogP contribution in [0.25, 0.3) is 0 Å². The van der Waals surface area contributed by atoms with E-state index in [9.17, 15) is 43.8 Å². The van der Waals surface area contributed by atoms with Crippen LogP contribution in [0, 0.1) is 0 Å². The molecule has 648 valence electrons. The molecule has 9 N–H and O–H groups in total. The number of anilines is 2. The Bertz CT molecular complexity index is 4150. The zero-order chi connectivity index (χ0) is 87.2. The van der Waals surface area contributed by atoms with Crippen molar-refractivity contribution >= 4 is 76.9 Å². The number of aliphatic hydroxyl groups is 4. The molecule has 0 saturated carbocycles. The van der Waals surface area contributed by atoms with Gasteiger partial charge in [0.1, 0.15) is 18.0 Å². The second-order valence-corrected chi connectivity index (χ2v) is 29.2. The molecule has 8 aromatic rings. The molecule has 30 heteroatoms. The van der Waals surface area contributed by atoms with Crippen molar-refractivity contribution in [3.8, 4) is 0 Å². The van der Waals surface area contributed by atoms with Crippen molar-refractivity contribution in [1.29, 1.82) is 0 Å². The first-order valence-electron chi connectivity index (χ1n) is 39.1. The van der Waals surface area contributed by atoms with Gasteiger partial charge >= 0.3 is 23.5 Å². The largest absolute Gasteiger partial charge is 0.479 e. The number of amides is 5. The van der Waals surface area contributed by atoms with E-state index in [1.54, 1.807) is 94.4 Å². The summed E-state index contributed by atoms with van der Waals surface area (Å²) in [6.45, 7) is 23.1. The number of carbonyl (C=O) groups excluding carboxylic acids is 6. The van der Waals surface area contributed by atoms with Gasteiger partial charge in [0.2, 0.25) is 0 Å². The van der Waals surface area contributed by atoms with Gasteiger partial charge in [-0.3, -0.25) is 29.2 Å². The molecule has 0 radical (unpaired) electrons. The number of aromatic amines is 1. The number of carboxylic acid groups (broad SMARTS) is 1. The lowest BCUT2D eigenvalue weighted by Crippen LogP contribution is -2.44. The molecule has 0 unspecified atom stereocenters. The fraction of sp³-hybridized carbons (Fsp3) is 0.443. The average molecular weight is 1680 g/mol. The van der Waals surface area contributed by atoms with Gasteiger partial charge in [0.05, 0.1) is 48.3 Å². The van der Waals surface area contributed by atoms with Crippen LogP contribution in [0.5, 0.6) is 0 Å². The second-order valence-electron chi connectivity index (χ2n) is 28.9. The number of aliphatic hydroxyl groups excluding tert-OH is 4. The molecule has 28 nitrogen and oxygen atoms in total. The predicted molar refractivity (Wildman–Crippen MR) is 467 cm³/mol. The monoisotopic (exact) mass is 1680 g/mol. The van der Waals surface area contributed by atoms with Crippen LogP contribution in [0.2, 0.25) is 0 Å². The van der Waals surface area contributed by atoms with Gasteiger partial charge in [-0.05, 0) is 174 Å². The van der Waals surface area contributed by atoms with Crippen molar-refractivity contribution in [2.45, 2.75) is 142 Å². The van der Waals surface area contributed by atoms with Crippen molar-refractivity contribution < 1.29 is 73.3 Å². The molecule has 0 bridgehead atoms. The lowest BCUT2D eigenvalue weighted by molar-refractivity contribution is -0.146. The highest BCUT2D eigenvalue weighted by molar-refractivity contribution is 6.62. The molecule has 3 aliphatic heterocycles. The number of carbonyl (C=O) groups is 7. The van der Waals surface area contributed by atoms with Crippen LogP contribution in [0.4, 0.5) is 26.0 Å². The highest BCUT2D eigenvalue weighted by Gasteiger charge is 2.47. The van der Waals surface area contributed by atoms with Gasteiger partial charge in [0.15, 0.2) is 11.9 Å². The molecule has 1 fully saturated rings. The summed E-state index contributed by atoms with van der Waals surface area (Å²) in [7, 11) is 15.9. The lowest BCUT2D eigenvalue weighted by atomic mass is 10.0. The molecule has 4 atom stereocenters. The van der Waals surface area contributed by atoms with Gasteiger partial charge in [-0.1, -0.05) is 178 Å². The third-order valence-electron chi connectivity index (χ3n) is 18.2. The molecule has 11 rings (SSSR count). The fourth-order valence-electron chi connectivity index (χ4n) is 12.1. The SMILES string of the molecule is C1CCOC1.CCN(CC)CC.CCOC(=O)n1nc2c(c1NC(=O)c1ccccc1)CN(C(=O)Cl)C2(C)C.CN(C)C(=O)[C@@H](O)Cc1ccccc1.CN(C)C[C@@H](O)Cc1ccccc1.CN(C)C[C@H](Cc1ccccc1)OC(=O)N1Cc2c(NC(=O)c3ccccc3)n[nH]c2C1(C)C.CNC.CO.Cl.O=C(O)[C@@H](O)Cc1ccccc1. The molecule has 6 aromatic carbocycles. The Hall–Kier alpha value is -9.95. The highest BCUT2D eigenvalue weighted by Crippen LogP contribution is 2.43. The van der Waals surface area contributed by atoms with Crippen molar-refractivity contribution in [3.63, 3.8) is 0 Å². The van der Waals surface area contributed by atoms with Crippen molar-refractivity contribution in [2.75, 3.05) is 127 Å². The number of aliphatic carboxylic acids is 1. The van der Waals surface area contributed by atoms with Crippen LogP contribution in [-0.2, 0) is 73.7 Å². The van der Waals surface area contributed by atoms with Gasteiger partial charge < -0.3 is 80.2 Å². The molecular weight excluding hydrogens is 1550 g/mol. The number of hydrogen-bond donors (Lipinski definition) is 9. The number of rotatable bonds is 23. The van der Waals surface area contributed by atoms with Crippen LogP contribution < -0.4 is 16.0 Å². The number of carboxylic acids is 1. The average Bonchev–Trinajstić information content (AvgIpc) is 1.60. The third kappa shape index (κ3) is 35.7. The van der Waals surface area contributed by atoms with Crippen LogP contribution >= 0.6 is 24.0 Å². The van der Waals surface area contributed by atoms with E-state index in [2.05, 4.69) is 56.9 Å². The smallest absolute Gasteiger partial charge is 0.436 e. The summed E-state index contributed by atoms with van der Waals surface area (Å²) in [5.74, 6) is -1.49. The van der Waals surface area contributed by atoms with Crippen molar-refractivity contribution in [3.05, 3.63) is 238 Å². The Morgan fingerprint density at radius 3 is 1.35 bits per heavy atom. The standard InChI is InChI=1S/C26H31N5O3.C18H19ClN4O4.C11H15NO2.C11H17NO.C9H10O3.C6H15N.C4H8O.C2H7N.CH4O.ClH/c1-26(2)22-21(23(29-28-22)27-24(32)19-13-9-6-10-14-19)17-31(26)25(33)34-20(16-30(3)4)15-18-11-7-5-8-12-18;1-4-27-17(26)23-14(20-15(24)11-8-6-5-7-9-11)12-10-22(16(19)25)18(2,3)13(12)21-23;1-12(2)11(14)10(13)8-9-6-4-3-5-7-9;1-12(2)9-11(13)8-10-6-4-3-5-7-10;10-8(9(11)12)6-7-4-2-1-3-5-7;1-4-7(5-2)6-3;1-2-4-5-3-1;1-3-2;1-2;/h5-14,20H,15-17H2,1-4H3,(H2,27,28,29,32);5-9H,4,10H2,1-3H3,(H,20,24);3-7,10,13H,8H2,1-2H3;3-7,11,13H,8-9H2,1-2H3;1-5,8,10H,6H2,(H,11,12);4-6H2,1-3H3;1-4H2;3H,1-2H3;2H,1H3;1H/t20-;;10-;11-;8-;;;;;/m0.000...../s1. The minimum atomic E-state index is -1.30. The number of nitrogens with zero attached hydrogens (tertiary/aromatic N) is 9. The molecule has 3 aliphatic rings. The molecule has 2 aromatic heterocycles.